The summed E-state index contributed by atoms with van der Waals surface area (Å²) in [4.78, 5) is 31.6. The van der Waals surface area contributed by atoms with E-state index in [1.807, 2.05) is 31.2 Å². The first-order valence-electron chi connectivity index (χ1n) is 9.59. The number of carbonyl (C=O) groups excluding carboxylic acids is 1. The van der Waals surface area contributed by atoms with Gasteiger partial charge in [-0.1, -0.05) is 5.16 Å². The number of amides is 1. The minimum atomic E-state index is -0.481. The lowest BCUT2D eigenvalue weighted by atomic mass is 9.79. The molecule has 0 radical (unpaired) electrons. The highest BCUT2D eigenvalue weighted by molar-refractivity contribution is 5.84. The molecule has 28 heavy (non-hydrogen) atoms. The Balaban J connectivity index is 1.34. The van der Waals surface area contributed by atoms with Crippen molar-refractivity contribution >= 4 is 5.91 Å². The fraction of sp³-hybridized carbons (Fsp3) is 0.400. The lowest BCUT2D eigenvalue weighted by Crippen LogP contribution is -2.41. The number of nitrogens with zero attached hydrogens (tertiary/aromatic N) is 3. The average molecular weight is 377 g/mol. The molecular weight excluding hydrogens is 358 g/mol. The van der Waals surface area contributed by atoms with Gasteiger partial charge in [0.1, 0.15) is 5.54 Å². The van der Waals surface area contributed by atoms with Crippen LogP contribution in [-0.4, -0.2) is 25.6 Å². The van der Waals surface area contributed by atoms with Gasteiger partial charge in [-0.15, -0.1) is 0 Å². The molecule has 8 heteroatoms. The van der Waals surface area contributed by atoms with Gasteiger partial charge in [0.25, 0.3) is 5.89 Å². The highest BCUT2D eigenvalue weighted by Crippen LogP contribution is 2.61. The first-order valence-corrected chi connectivity index (χ1v) is 9.59. The van der Waals surface area contributed by atoms with Gasteiger partial charge in [0.2, 0.25) is 11.7 Å². The number of H-pyrrole nitrogens is 1. The molecule has 4 atom stereocenters. The molecule has 2 aliphatic carbocycles. The van der Waals surface area contributed by atoms with Crippen molar-refractivity contribution in [2.75, 3.05) is 0 Å². The predicted molar refractivity (Wildman–Crippen MR) is 98.6 cm³/mol. The molecule has 142 valence electrons. The van der Waals surface area contributed by atoms with E-state index in [0.717, 1.165) is 36.2 Å². The van der Waals surface area contributed by atoms with Crippen LogP contribution in [0.4, 0.5) is 0 Å². The number of aryl methyl sites for hydroxylation is 1. The van der Waals surface area contributed by atoms with E-state index in [9.17, 15) is 9.59 Å². The molecule has 2 saturated carbocycles. The second-order valence-electron chi connectivity index (χ2n) is 8.26. The Morgan fingerprint density at radius 2 is 2.04 bits per heavy atom. The molecule has 1 amide bonds. The number of imidazole rings is 1. The van der Waals surface area contributed by atoms with Gasteiger partial charge >= 0.3 is 5.69 Å². The number of hydrogen-bond donors (Lipinski definition) is 2. The lowest BCUT2D eigenvalue weighted by molar-refractivity contribution is -0.122. The number of nitrogens with one attached hydrogen (secondary N) is 2. The van der Waals surface area contributed by atoms with Crippen LogP contribution >= 0.6 is 0 Å². The Hall–Kier alpha value is -3.16. The highest BCUT2D eigenvalue weighted by Gasteiger charge is 2.66. The standard InChI is InChI=1S/C20H19N5O3/c1-10-9-21-19(27)25(10)13-4-2-12(3-5-13)16-22-18(28-24-16)20-8-11-6-14(15(20)7-11)17(26)23-20/h2-5,9,11,14-15H,6-8H2,1H3,(H,21,27)(H,23,26). The number of aromatic amines is 1. The van der Waals surface area contributed by atoms with Crippen LogP contribution < -0.4 is 11.0 Å². The van der Waals surface area contributed by atoms with E-state index < -0.39 is 5.54 Å². The van der Waals surface area contributed by atoms with Gasteiger partial charge in [-0.3, -0.25) is 9.36 Å². The molecule has 3 heterocycles. The molecule has 1 saturated heterocycles. The minimum Gasteiger partial charge on any atom is -0.341 e. The molecule has 2 N–H and O–H groups in total. The third-order valence-corrected chi connectivity index (χ3v) is 6.74. The summed E-state index contributed by atoms with van der Waals surface area (Å²) in [5, 5.41) is 7.33. The van der Waals surface area contributed by atoms with Gasteiger partial charge in [0.05, 0.1) is 5.69 Å². The molecule has 1 aromatic carbocycles. The fourth-order valence-electron chi connectivity index (χ4n) is 5.56. The Kier molecular flexibility index (Phi) is 2.95. The summed E-state index contributed by atoms with van der Waals surface area (Å²) in [6.07, 6.45) is 4.61. The maximum atomic E-state index is 12.3. The van der Waals surface area contributed by atoms with E-state index in [2.05, 4.69) is 20.4 Å². The van der Waals surface area contributed by atoms with E-state index in [1.165, 1.54) is 0 Å². The van der Waals surface area contributed by atoms with Gasteiger partial charge in [-0.25, -0.2) is 4.79 Å². The number of aromatic nitrogens is 4. The maximum absolute atomic E-state index is 12.3. The van der Waals surface area contributed by atoms with Crippen LogP contribution in [0.25, 0.3) is 17.1 Å². The van der Waals surface area contributed by atoms with Crippen molar-refractivity contribution in [3.05, 3.63) is 52.5 Å². The number of carbonyl (C=O) groups is 1. The van der Waals surface area contributed by atoms with Crippen LogP contribution in [0.3, 0.4) is 0 Å². The summed E-state index contributed by atoms with van der Waals surface area (Å²) in [6.45, 7) is 1.87. The topological polar surface area (TPSA) is 106 Å². The van der Waals surface area contributed by atoms with Crippen LogP contribution in [0, 0.1) is 24.7 Å². The van der Waals surface area contributed by atoms with Crippen molar-refractivity contribution < 1.29 is 9.32 Å². The van der Waals surface area contributed by atoms with Crippen molar-refractivity contribution in [1.29, 1.82) is 0 Å². The maximum Gasteiger partial charge on any atom is 0.330 e. The third-order valence-electron chi connectivity index (χ3n) is 6.74. The molecule has 1 aliphatic heterocycles. The van der Waals surface area contributed by atoms with E-state index >= 15 is 0 Å². The minimum absolute atomic E-state index is 0.0938. The Morgan fingerprint density at radius 1 is 1.21 bits per heavy atom. The van der Waals surface area contributed by atoms with Crippen LogP contribution in [0.2, 0.25) is 0 Å². The molecular formula is C20H19N5O3. The van der Waals surface area contributed by atoms with Crippen molar-refractivity contribution in [1.82, 2.24) is 25.0 Å². The normalized spacial score (nSPS) is 30.2. The molecule has 0 spiro atoms. The van der Waals surface area contributed by atoms with E-state index in [4.69, 9.17) is 4.52 Å². The number of hydrogen-bond acceptors (Lipinski definition) is 5. The van der Waals surface area contributed by atoms with Crippen molar-refractivity contribution in [2.24, 2.45) is 17.8 Å². The molecule has 8 nitrogen and oxygen atoms in total. The Bertz CT molecular complexity index is 1160. The molecule has 3 fully saturated rings. The van der Waals surface area contributed by atoms with Crippen LogP contribution in [0.1, 0.15) is 30.8 Å². The predicted octanol–water partition coefficient (Wildman–Crippen LogP) is 1.90. The van der Waals surface area contributed by atoms with Crippen molar-refractivity contribution in [3.63, 3.8) is 0 Å². The smallest absolute Gasteiger partial charge is 0.330 e. The molecule has 4 unspecified atom stereocenters. The summed E-state index contributed by atoms with van der Waals surface area (Å²) < 4.78 is 7.23. The third kappa shape index (κ3) is 1.95. The van der Waals surface area contributed by atoms with Crippen LogP contribution in [-0.2, 0) is 10.3 Å². The molecule has 2 aromatic heterocycles. The van der Waals surface area contributed by atoms with E-state index in [1.54, 1.807) is 10.8 Å². The highest BCUT2D eigenvalue weighted by atomic mass is 16.5. The van der Waals surface area contributed by atoms with Crippen LogP contribution in [0.5, 0.6) is 0 Å². The van der Waals surface area contributed by atoms with Crippen molar-refractivity contribution in [3.8, 4) is 17.1 Å². The summed E-state index contributed by atoms with van der Waals surface area (Å²) in [5.74, 6) is 2.06. The first kappa shape index (κ1) is 15.9. The quantitative estimate of drug-likeness (QED) is 0.725. The van der Waals surface area contributed by atoms with Crippen LogP contribution in [0.15, 0.2) is 39.8 Å². The number of benzene rings is 1. The number of rotatable bonds is 3. The summed E-state index contributed by atoms with van der Waals surface area (Å²) in [6, 6.07) is 7.46. The van der Waals surface area contributed by atoms with Gasteiger partial charge in [-0.2, -0.15) is 4.98 Å². The molecule has 3 aliphatic rings. The largest absolute Gasteiger partial charge is 0.341 e. The lowest BCUT2D eigenvalue weighted by Gasteiger charge is -2.27. The second kappa shape index (κ2) is 5.21. The summed E-state index contributed by atoms with van der Waals surface area (Å²) in [7, 11) is 0. The Morgan fingerprint density at radius 3 is 2.75 bits per heavy atom. The zero-order valence-electron chi connectivity index (χ0n) is 15.3. The SMILES string of the molecule is Cc1c[nH]c(=O)n1-c1ccc(-c2noc(C34CC5CC(C(=O)N3)C4C5)n2)cc1. The summed E-state index contributed by atoms with van der Waals surface area (Å²) >= 11 is 0. The average Bonchev–Trinajstić information content (AvgIpc) is 3.46. The Labute approximate surface area is 160 Å². The van der Waals surface area contributed by atoms with E-state index in [-0.39, 0.29) is 23.4 Å². The number of fused-ring (bicyclic) bond motifs is 1. The van der Waals surface area contributed by atoms with Gasteiger partial charge in [0.15, 0.2) is 0 Å². The van der Waals surface area contributed by atoms with Gasteiger partial charge in [0, 0.05) is 29.3 Å². The molecule has 6 rings (SSSR count). The zero-order valence-corrected chi connectivity index (χ0v) is 15.3. The molecule has 3 aromatic rings. The van der Waals surface area contributed by atoms with Gasteiger partial charge < -0.3 is 14.8 Å². The monoisotopic (exact) mass is 377 g/mol. The summed E-state index contributed by atoms with van der Waals surface area (Å²) in [5.41, 5.74) is 1.76. The van der Waals surface area contributed by atoms with Gasteiger partial charge in [-0.05, 0) is 56.4 Å². The van der Waals surface area contributed by atoms with E-state index in [0.29, 0.717) is 17.6 Å². The second-order valence-corrected chi connectivity index (χ2v) is 8.26. The first-order chi connectivity index (χ1) is 13.5. The molecule has 2 bridgehead atoms. The fourth-order valence-corrected chi connectivity index (χ4v) is 5.56. The van der Waals surface area contributed by atoms with Crippen molar-refractivity contribution in [2.45, 2.75) is 31.7 Å². The zero-order chi connectivity index (χ0) is 19.0.